The molecule has 25 heavy (non-hydrogen) atoms. The van der Waals surface area contributed by atoms with E-state index in [-0.39, 0.29) is 0 Å². The van der Waals surface area contributed by atoms with E-state index in [1.54, 1.807) is 7.11 Å². The van der Waals surface area contributed by atoms with E-state index >= 15 is 0 Å². The van der Waals surface area contributed by atoms with Crippen LogP contribution in [0.1, 0.15) is 50.7 Å². The van der Waals surface area contributed by atoms with Gasteiger partial charge >= 0.3 is 0 Å². The molecule has 2 nitrogen and oxygen atoms in total. The molecule has 134 valence electrons. The van der Waals surface area contributed by atoms with Gasteiger partial charge in [-0.25, -0.2) is 0 Å². The minimum Gasteiger partial charge on any atom is -0.497 e. The Labute approximate surface area is 153 Å². The highest BCUT2D eigenvalue weighted by Gasteiger charge is 2.05. The first-order valence-electron chi connectivity index (χ1n) is 9.44. The number of ether oxygens (including phenoxy) is 1. The number of hydrogen-bond donors (Lipinski definition) is 0. The maximum Gasteiger partial charge on any atom is 0.118 e. The number of nitrogens with zero attached hydrogens (tertiary/aromatic N) is 1. The first-order valence-corrected chi connectivity index (χ1v) is 9.44. The molecule has 2 aromatic rings. The van der Waals surface area contributed by atoms with Gasteiger partial charge in [0.1, 0.15) is 5.75 Å². The standard InChI is InChI=1S/C23H31NO/c1-4-6-18-24(19-7-5-2)22-14-10-20(11-15-22)8-9-21-12-16-23(25-3)17-13-21/h8-17H,4-7,18-19H2,1-3H3. The van der Waals surface area contributed by atoms with Crippen molar-refractivity contribution in [3.63, 3.8) is 0 Å². The molecule has 0 aliphatic rings. The van der Waals surface area contributed by atoms with Crippen molar-refractivity contribution in [2.45, 2.75) is 39.5 Å². The van der Waals surface area contributed by atoms with Crippen LogP contribution >= 0.6 is 0 Å². The zero-order valence-electron chi connectivity index (χ0n) is 15.9. The van der Waals surface area contributed by atoms with Crippen LogP contribution in [0.3, 0.4) is 0 Å². The van der Waals surface area contributed by atoms with Crippen LogP contribution in [-0.2, 0) is 0 Å². The van der Waals surface area contributed by atoms with Crippen LogP contribution < -0.4 is 9.64 Å². The summed E-state index contributed by atoms with van der Waals surface area (Å²) >= 11 is 0. The lowest BCUT2D eigenvalue weighted by Crippen LogP contribution is -2.25. The highest BCUT2D eigenvalue weighted by molar-refractivity contribution is 5.70. The summed E-state index contributed by atoms with van der Waals surface area (Å²) in [5.74, 6) is 0.890. The molecular formula is C23H31NO. The molecule has 0 radical (unpaired) electrons. The van der Waals surface area contributed by atoms with E-state index in [1.165, 1.54) is 42.5 Å². The highest BCUT2D eigenvalue weighted by Crippen LogP contribution is 2.19. The summed E-state index contributed by atoms with van der Waals surface area (Å²) in [6.07, 6.45) is 9.29. The van der Waals surface area contributed by atoms with E-state index in [0.29, 0.717) is 0 Å². The van der Waals surface area contributed by atoms with Gasteiger partial charge in [-0.3, -0.25) is 0 Å². The fraction of sp³-hybridized carbons (Fsp3) is 0.391. The van der Waals surface area contributed by atoms with Gasteiger partial charge < -0.3 is 9.64 Å². The minimum absolute atomic E-state index is 0.890. The van der Waals surface area contributed by atoms with Gasteiger partial charge in [0.25, 0.3) is 0 Å². The fourth-order valence-corrected chi connectivity index (χ4v) is 2.77. The Balaban J connectivity index is 2.02. The van der Waals surface area contributed by atoms with Gasteiger partial charge in [0, 0.05) is 18.8 Å². The molecule has 0 saturated carbocycles. The van der Waals surface area contributed by atoms with Crippen LogP contribution in [0.5, 0.6) is 5.75 Å². The summed E-state index contributed by atoms with van der Waals surface area (Å²) in [5, 5.41) is 0. The van der Waals surface area contributed by atoms with E-state index in [2.05, 4.69) is 67.3 Å². The first-order chi connectivity index (χ1) is 12.3. The third-order valence-electron chi connectivity index (χ3n) is 4.41. The molecule has 2 aromatic carbocycles. The SMILES string of the molecule is CCCCN(CCCC)c1ccc(C=Cc2ccc(OC)cc2)cc1. The maximum absolute atomic E-state index is 5.19. The molecule has 0 amide bonds. The zero-order chi connectivity index (χ0) is 17.9. The lowest BCUT2D eigenvalue weighted by atomic mass is 10.1. The fourth-order valence-electron chi connectivity index (χ4n) is 2.77. The summed E-state index contributed by atoms with van der Waals surface area (Å²) in [6.45, 7) is 6.81. The molecule has 0 fully saturated rings. The third-order valence-corrected chi connectivity index (χ3v) is 4.41. The number of benzene rings is 2. The second kappa shape index (κ2) is 10.6. The van der Waals surface area contributed by atoms with Crippen LogP contribution in [0, 0.1) is 0 Å². The van der Waals surface area contributed by atoms with E-state index in [1.807, 2.05) is 12.1 Å². The van der Waals surface area contributed by atoms with Crippen LogP contribution in [0.15, 0.2) is 48.5 Å². The van der Waals surface area contributed by atoms with Gasteiger partial charge in [-0.2, -0.15) is 0 Å². The van der Waals surface area contributed by atoms with Gasteiger partial charge in [0.15, 0.2) is 0 Å². The van der Waals surface area contributed by atoms with E-state index in [4.69, 9.17) is 4.74 Å². The second-order valence-electron chi connectivity index (χ2n) is 6.39. The number of unbranched alkanes of at least 4 members (excludes halogenated alkanes) is 2. The average Bonchev–Trinajstić information content (AvgIpc) is 2.67. The quantitative estimate of drug-likeness (QED) is 0.474. The summed E-state index contributed by atoms with van der Waals surface area (Å²) in [7, 11) is 1.69. The topological polar surface area (TPSA) is 12.5 Å². The van der Waals surface area contributed by atoms with Gasteiger partial charge in [0.2, 0.25) is 0 Å². The van der Waals surface area contributed by atoms with Gasteiger partial charge in [-0.1, -0.05) is 63.1 Å². The van der Waals surface area contributed by atoms with Crippen molar-refractivity contribution in [1.29, 1.82) is 0 Å². The maximum atomic E-state index is 5.19. The molecule has 0 saturated heterocycles. The predicted molar refractivity (Wildman–Crippen MR) is 110 cm³/mol. The van der Waals surface area contributed by atoms with Crippen molar-refractivity contribution < 1.29 is 4.74 Å². The van der Waals surface area contributed by atoms with Crippen LogP contribution in [-0.4, -0.2) is 20.2 Å². The molecule has 0 aliphatic heterocycles. The molecule has 0 N–H and O–H groups in total. The lowest BCUT2D eigenvalue weighted by Gasteiger charge is -2.24. The second-order valence-corrected chi connectivity index (χ2v) is 6.39. The Morgan fingerprint density at radius 1 is 0.760 bits per heavy atom. The molecule has 0 aliphatic carbocycles. The Morgan fingerprint density at radius 2 is 1.24 bits per heavy atom. The molecule has 0 spiro atoms. The summed E-state index contributed by atoms with van der Waals surface area (Å²) in [6, 6.07) is 17.0. The Morgan fingerprint density at radius 3 is 1.68 bits per heavy atom. The van der Waals surface area contributed by atoms with Crippen LogP contribution in [0.2, 0.25) is 0 Å². The molecular weight excluding hydrogens is 306 g/mol. The Hall–Kier alpha value is -2.22. The molecule has 0 unspecified atom stereocenters. The van der Waals surface area contributed by atoms with E-state index in [0.717, 1.165) is 18.8 Å². The van der Waals surface area contributed by atoms with Crippen molar-refractivity contribution >= 4 is 17.8 Å². The van der Waals surface area contributed by atoms with Crippen molar-refractivity contribution in [3.8, 4) is 5.75 Å². The van der Waals surface area contributed by atoms with Crippen LogP contribution in [0.25, 0.3) is 12.2 Å². The van der Waals surface area contributed by atoms with Crippen molar-refractivity contribution in [1.82, 2.24) is 0 Å². The molecule has 0 aromatic heterocycles. The molecule has 0 bridgehead atoms. The molecule has 2 rings (SSSR count). The molecule has 0 heterocycles. The van der Waals surface area contributed by atoms with Gasteiger partial charge in [0.05, 0.1) is 7.11 Å². The van der Waals surface area contributed by atoms with E-state index < -0.39 is 0 Å². The average molecular weight is 338 g/mol. The Kier molecular flexibility index (Phi) is 8.11. The minimum atomic E-state index is 0.890. The van der Waals surface area contributed by atoms with Crippen LogP contribution in [0.4, 0.5) is 5.69 Å². The van der Waals surface area contributed by atoms with Crippen molar-refractivity contribution in [3.05, 3.63) is 59.7 Å². The smallest absolute Gasteiger partial charge is 0.118 e. The summed E-state index contributed by atoms with van der Waals surface area (Å²) < 4.78 is 5.19. The number of anilines is 1. The number of rotatable bonds is 10. The van der Waals surface area contributed by atoms with Crippen molar-refractivity contribution in [2.24, 2.45) is 0 Å². The van der Waals surface area contributed by atoms with E-state index in [9.17, 15) is 0 Å². The predicted octanol–water partition coefficient (Wildman–Crippen LogP) is 6.27. The highest BCUT2D eigenvalue weighted by atomic mass is 16.5. The van der Waals surface area contributed by atoms with Gasteiger partial charge in [-0.15, -0.1) is 0 Å². The normalized spacial score (nSPS) is 11.0. The summed E-state index contributed by atoms with van der Waals surface area (Å²) in [5.41, 5.74) is 3.74. The van der Waals surface area contributed by atoms with Crippen molar-refractivity contribution in [2.75, 3.05) is 25.1 Å². The number of methoxy groups -OCH3 is 1. The van der Waals surface area contributed by atoms with Gasteiger partial charge in [-0.05, 0) is 48.2 Å². The largest absolute Gasteiger partial charge is 0.497 e. The zero-order valence-corrected chi connectivity index (χ0v) is 15.9. The summed E-state index contributed by atoms with van der Waals surface area (Å²) in [4.78, 5) is 2.52. The third kappa shape index (κ3) is 6.30. The number of hydrogen-bond acceptors (Lipinski definition) is 2. The Bertz CT molecular complexity index is 620. The molecule has 2 heteroatoms. The molecule has 0 atom stereocenters. The lowest BCUT2D eigenvalue weighted by molar-refractivity contribution is 0.415. The first kappa shape index (κ1) is 19.1. The monoisotopic (exact) mass is 337 g/mol.